The number of carbonyl (C=O) groups is 3. The highest BCUT2D eigenvalue weighted by Gasteiger charge is 2.45. The average Bonchev–Trinajstić information content (AvgIpc) is 3.48. The van der Waals surface area contributed by atoms with Crippen molar-refractivity contribution in [2.24, 2.45) is 17.8 Å². The Hall–Kier alpha value is -3.39. The van der Waals surface area contributed by atoms with E-state index in [0.717, 1.165) is 31.2 Å². The van der Waals surface area contributed by atoms with Crippen LogP contribution in [0.2, 0.25) is 0 Å². The van der Waals surface area contributed by atoms with Crippen molar-refractivity contribution in [3.8, 4) is 5.75 Å². The molecule has 0 aliphatic heterocycles. The van der Waals surface area contributed by atoms with Crippen LogP contribution in [0.1, 0.15) is 65.4 Å². The summed E-state index contributed by atoms with van der Waals surface area (Å²) >= 11 is 0. The monoisotopic (exact) mass is 566 g/mol. The first kappa shape index (κ1) is 32.1. The minimum absolute atomic E-state index is 0.00761. The number of anilines is 1. The second kappa shape index (κ2) is 15.0. The fraction of sp³-hybridized carbons (Fsp3) is 0.545. The number of hydrogen-bond donors (Lipinski definition) is 1. The van der Waals surface area contributed by atoms with Gasteiger partial charge in [0.25, 0.3) is 0 Å². The summed E-state index contributed by atoms with van der Waals surface area (Å²) in [5.41, 5.74) is 0.891. The third-order valence-corrected chi connectivity index (χ3v) is 7.62. The van der Waals surface area contributed by atoms with E-state index in [1.165, 1.54) is 4.90 Å². The second-order valence-corrected chi connectivity index (χ2v) is 11.7. The lowest BCUT2D eigenvalue weighted by Crippen LogP contribution is -2.53. The molecule has 1 N–H and O–H groups in total. The topological polar surface area (TPSA) is 94.2 Å². The van der Waals surface area contributed by atoms with E-state index in [1.807, 2.05) is 51.1 Å². The Balaban J connectivity index is 1.98. The molecule has 0 aromatic heterocycles. The molecule has 0 saturated heterocycles. The van der Waals surface area contributed by atoms with Gasteiger partial charge < -0.3 is 19.5 Å². The number of esters is 1. The van der Waals surface area contributed by atoms with Crippen molar-refractivity contribution >= 4 is 23.5 Å². The van der Waals surface area contributed by atoms with E-state index in [-0.39, 0.29) is 17.7 Å². The summed E-state index contributed by atoms with van der Waals surface area (Å²) < 4.78 is 17.2. The van der Waals surface area contributed by atoms with E-state index in [2.05, 4.69) is 5.32 Å². The Kier molecular flexibility index (Phi) is 11.8. The summed E-state index contributed by atoms with van der Waals surface area (Å²) in [6, 6.07) is 16.1. The maximum absolute atomic E-state index is 14.7. The van der Waals surface area contributed by atoms with Gasteiger partial charge in [-0.05, 0) is 82.7 Å². The third kappa shape index (κ3) is 9.05. The van der Waals surface area contributed by atoms with Crippen molar-refractivity contribution in [1.29, 1.82) is 0 Å². The fourth-order valence-electron chi connectivity index (χ4n) is 5.59. The van der Waals surface area contributed by atoms with Crippen LogP contribution in [0, 0.1) is 17.8 Å². The molecule has 1 aliphatic rings. The van der Waals surface area contributed by atoms with Gasteiger partial charge in [0.2, 0.25) is 11.8 Å². The molecule has 1 aliphatic carbocycles. The first-order valence-electron chi connectivity index (χ1n) is 14.6. The quantitative estimate of drug-likeness (QED) is 0.253. The number of nitrogens with zero attached hydrogens (tertiary/aromatic N) is 1. The number of amides is 2. The van der Waals surface area contributed by atoms with Gasteiger partial charge in [-0.3, -0.25) is 19.3 Å². The molecule has 8 heteroatoms. The molecule has 2 aromatic rings. The minimum Gasteiger partial charge on any atom is -0.497 e. The van der Waals surface area contributed by atoms with Crippen molar-refractivity contribution in [2.45, 2.75) is 78.0 Å². The van der Waals surface area contributed by atoms with Gasteiger partial charge in [0.1, 0.15) is 17.4 Å². The Morgan fingerprint density at radius 3 is 2.20 bits per heavy atom. The largest absolute Gasteiger partial charge is 0.497 e. The van der Waals surface area contributed by atoms with Crippen LogP contribution < -0.4 is 15.0 Å². The number of carbonyl (C=O) groups excluding carboxylic acids is 3. The van der Waals surface area contributed by atoms with Gasteiger partial charge in [0.05, 0.1) is 25.6 Å². The van der Waals surface area contributed by atoms with E-state index in [9.17, 15) is 14.4 Å². The molecule has 0 bridgehead atoms. The molecule has 3 unspecified atom stereocenters. The first-order valence-corrected chi connectivity index (χ1v) is 14.6. The molecule has 224 valence electrons. The predicted octanol–water partition coefficient (Wildman–Crippen LogP) is 5.53. The zero-order valence-electron chi connectivity index (χ0n) is 25.4. The Labute approximate surface area is 244 Å². The third-order valence-electron chi connectivity index (χ3n) is 7.62. The number of likely N-dealkylation sites (N-methyl/N-ethyl adjacent to an activating group) is 1. The molecule has 2 aromatic carbocycles. The average molecular weight is 567 g/mol. The normalized spacial score (nSPS) is 16.0. The summed E-state index contributed by atoms with van der Waals surface area (Å²) in [6.45, 7) is 7.91. The summed E-state index contributed by atoms with van der Waals surface area (Å²) in [7, 11) is 3.13. The van der Waals surface area contributed by atoms with Gasteiger partial charge in [0, 0.05) is 19.3 Å². The molecule has 8 nitrogen and oxygen atoms in total. The van der Waals surface area contributed by atoms with Gasteiger partial charge in [-0.1, -0.05) is 43.2 Å². The number of benzene rings is 2. The van der Waals surface area contributed by atoms with E-state index < -0.39 is 29.4 Å². The molecular formula is C33H46N2O6. The van der Waals surface area contributed by atoms with E-state index in [4.69, 9.17) is 14.2 Å². The summed E-state index contributed by atoms with van der Waals surface area (Å²) in [4.78, 5) is 42.9. The van der Waals surface area contributed by atoms with Crippen LogP contribution in [0.4, 0.5) is 5.69 Å². The lowest BCUT2D eigenvalue weighted by Gasteiger charge is -2.37. The van der Waals surface area contributed by atoms with Crippen LogP contribution >= 0.6 is 0 Å². The standard InChI is InChI=1S/C33H46N2O6/c1-23(30(36)34-5)35(26-16-18-27(39-6)19-17-26)31(37)29(25-14-10-11-15-25)28(32(38)41-33(2,3)4)20-21-40-22-24-12-8-7-9-13-24/h7-9,12-13,16-19,23,25,28-29H,10-11,14-15,20-22H2,1-6H3,(H,34,36). The maximum Gasteiger partial charge on any atom is 0.310 e. The van der Waals surface area contributed by atoms with Gasteiger partial charge in [-0.25, -0.2) is 0 Å². The van der Waals surface area contributed by atoms with Crippen LogP contribution in [0.5, 0.6) is 5.75 Å². The molecule has 3 rings (SSSR count). The molecule has 0 heterocycles. The highest BCUT2D eigenvalue weighted by atomic mass is 16.6. The maximum atomic E-state index is 14.7. The first-order chi connectivity index (χ1) is 19.6. The number of hydrogen-bond acceptors (Lipinski definition) is 6. The highest BCUT2D eigenvalue weighted by molar-refractivity contribution is 6.03. The molecule has 2 amide bonds. The summed E-state index contributed by atoms with van der Waals surface area (Å²) in [5.74, 6) is -1.71. The van der Waals surface area contributed by atoms with Crippen molar-refractivity contribution in [2.75, 3.05) is 25.7 Å². The molecule has 1 fully saturated rings. The Bertz CT molecular complexity index is 1120. The molecule has 0 spiro atoms. The van der Waals surface area contributed by atoms with Crippen LogP contribution in [0.3, 0.4) is 0 Å². The number of rotatable bonds is 13. The number of methoxy groups -OCH3 is 1. The van der Waals surface area contributed by atoms with Gasteiger partial charge in [-0.15, -0.1) is 0 Å². The summed E-state index contributed by atoms with van der Waals surface area (Å²) in [6.07, 6.45) is 4.00. The minimum atomic E-state index is -0.793. The zero-order valence-corrected chi connectivity index (χ0v) is 25.4. The van der Waals surface area contributed by atoms with E-state index >= 15 is 0 Å². The van der Waals surface area contributed by atoms with Gasteiger partial charge >= 0.3 is 5.97 Å². The van der Waals surface area contributed by atoms with Crippen LogP contribution in [-0.4, -0.2) is 50.2 Å². The van der Waals surface area contributed by atoms with Crippen molar-refractivity contribution in [3.63, 3.8) is 0 Å². The van der Waals surface area contributed by atoms with Crippen LogP contribution in [0.15, 0.2) is 54.6 Å². The van der Waals surface area contributed by atoms with Crippen molar-refractivity contribution < 1.29 is 28.6 Å². The lowest BCUT2D eigenvalue weighted by molar-refractivity contribution is -0.165. The van der Waals surface area contributed by atoms with E-state index in [1.54, 1.807) is 45.3 Å². The van der Waals surface area contributed by atoms with E-state index in [0.29, 0.717) is 31.1 Å². The van der Waals surface area contributed by atoms with Crippen molar-refractivity contribution in [1.82, 2.24) is 5.32 Å². The summed E-state index contributed by atoms with van der Waals surface area (Å²) in [5, 5.41) is 2.67. The van der Waals surface area contributed by atoms with Crippen molar-refractivity contribution in [3.05, 3.63) is 60.2 Å². The number of ether oxygens (including phenoxy) is 3. The Morgan fingerprint density at radius 2 is 1.63 bits per heavy atom. The molecular weight excluding hydrogens is 520 g/mol. The lowest BCUT2D eigenvalue weighted by atomic mass is 9.77. The highest BCUT2D eigenvalue weighted by Crippen LogP contribution is 2.40. The molecule has 3 atom stereocenters. The molecule has 1 saturated carbocycles. The second-order valence-electron chi connectivity index (χ2n) is 11.7. The molecule has 41 heavy (non-hydrogen) atoms. The number of nitrogens with one attached hydrogen (secondary N) is 1. The fourth-order valence-corrected chi connectivity index (χ4v) is 5.59. The smallest absolute Gasteiger partial charge is 0.310 e. The van der Waals surface area contributed by atoms with Crippen LogP contribution in [-0.2, 0) is 30.5 Å². The predicted molar refractivity (Wildman–Crippen MR) is 160 cm³/mol. The molecule has 0 radical (unpaired) electrons. The van der Waals surface area contributed by atoms with Gasteiger partial charge in [0.15, 0.2) is 0 Å². The van der Waals surface area contributed by atoms with Gasteiger partial charge in [-0.2, -0.15) is 0 Å². The SMILES string of the molecule is CNC(=O)C(C)N(C(=O)C(C1CCCC1)C(CCOCc1ccccc1)C(=O)OC(C)(C)C)c1ccc(OC)cc1. The Morgan fingerprint density at radius 1 is 1.00 bits per heavy atom. The zero-order chi connectivity index (χ0) is 30.0. The van der Waals surface area contributed by atoms with Crippen LogP contribution in [0.25, 0.3) is 0 Å².